The van der Waals surface area contributed by atoms with Crippen molar-refractivity contribution >= 4 is 17.8 Å². The number of hydrogen-bond donors (Lipinski definition) is 1. The van der Waals surface area contributed by atoms with Gasteiger partial charge in [0.25, 0.3) is 5.91 Å². The predicted octanol–water partition coefficient (Wildman–Crippen LogP) is 3.29. The lowest BCUT2D eigenvalue weighted by Crippen LogP contribution is -2.30. The number of rotatable bonds is 7. The smallest absolute Gasteiger partial charge is 0.290 e. The number of allylic oxidation sites excluding steroid dienone is 1. The number of furan rings is 1. The Balaban J connectivity index is 2.03. The molecule has 1 N–H and O–H groups in total. The number of hydrogen-bond acceptors (Lipinski definition) is 6. The number of carbonyl (C=O) groups is 2. The van der Waals surface area contributed by atoms with Gasteiger partial charge in [0.15, 0.2) is 23.0 Å². The van der Waals surface area contributed by atoms with Crippen LogP contribution in [-0.2, 0) is 9.59 Å². The van der Waals surface area contributed by atoms with E-state index in [2.05, 4.69) is 0 Å². The van der Waals surface area contributed by atoms with Crippen LogP contribution in [0.4, 0.5) is 0 Å². The average Bonchev–Trinajstić information content (AvgIpc) is 3.32. The molecule has 1 aliphatic heterocycles. The Hall–Kier alpha value is -3.48. The van der Waals surface area contributed by atoms with E-state index in [1.807, 2.05) is 0 Å². The maximum Gasteiger partial charge on any atom is 0.290 e. The third kappa shape index (κ3) is 3.38. The minimum Gasteiger partial charge on any atom is -0.503 e. The van der Waals surface area contributed by atoms with Gasteiger partial charge in [-0.05, 0) is 48.9 Å². The van der Waals surface area contributed by atoms with E-state index in [-0.39, 0.29) is 5.57 Å². The van der Waals surface area contributed by atoms with Crippen molar-refractivity contribution in [2.45, 2.75) is 13.0 Å². The van der Waals surface area contributed by atoms with Crippen LogP contribution in [0.25, 0.3) is 6.08 Å². The number of methoxy groups -OCH3 is 2. The first-order valence-corrected chi connectivity index (χ1v) is 8.73. The second-order valence-electron chi connectivity index (χ2n) is 6.08. The third-order valence-corrected chi connectivity index (χ3v) is 4.58. The molecule has 2 aromatic rings. The topological polar surface area (TPSA) is 89.2 Å². The normalized spacial score (nSPS) is 16.9. The Morgan fingerprint density at radius 1 is 1.25 bits per heavy atom. The Bertz CT molecular complexity index is 942. The molecule has 1 atom stereocenters. The van der Waals surface area contributed by atoms with Crippen molar-refractivity contribution in [3.63, 3.8) is 0 Å². The summed E-state index contributed by atoms with van der Waals surface area (Å²) in [6.07, 6.45) is 4.27. The molecule has 0 bridgehead atoms. The first-order valence-electron chi connectivity index (χ1n) is 8.73. The molecule has 7 heteroatoms. The predicted molar refractivity (Wildman–Crippen MR) is 102 cm³/mol. The number of aliphatic hydroxyl groups is 1. The fourth-order valence-electron chi connectivity index (χ4n) is 3.23. The van der Waals surface area contributed by atoms with Gasteiger partial charge in [0, 0.05) is 6.54 Å². The lowest BCUT2D eigenvalue weighted by Gasteiger charge is -2.25. The summed E-state index contributed by atoms with van der Waals surface area (Å²) in [6, 6.07) is 7.80. The van der Waals surface area contributed by atoms with Crippen LogP contribution in [-0.4, -0.2) is 42.5 Å². The van der Waals surface area contributed by atoms with Gasteiger partial charge in [0.2, 0.25) is 0 Å². The van der Waals surface area contributed by atoms with Crippen molar-refractivity contribution in [1.82, 2.24) is 4.90 Å². The number of benzene rings is 1. The molecule has 1 aliphatic rings. The highest BCUT2D eigenvalue weighted by Crippen LogP contribution is 2.40. The quantitative estimate of drug-likeness (QED) is 0.738. The molecule has 0 saturated carbocycles. The first kappa shape index (κ1) is 19.3. The van der Waals surface area contributed by atoms with Gasteiger partial charge in [0.1, 0.15) is 5.76 Å². The van der Waals surface area contributed by atoms with Crippen LogP contribution in [0.5, 0.6) is 11.5 Å². The molecule has 0 fully saturated rings. The second kappa shape index (κ2) is 8.04. The van der Waals surface area contributed by atoms with Crippen LogP contribution in [0.3, 0.4) is 0 Å². The summed E-state index contributed by atoms with van der Waals surface area (Å²) in [5.74, 6) is -0.122. The number of aliphatic hydroxyl groups excluding tert-OH is 1. The van der Waals surface area contributed by atoms with Gasteiger partial charge in [0.05, 0.1) is 32.1 Å². The fourth-order valence-corrected chi connectivity index (χ4v) is 3.23. The van der Waals surface area contributed by atoms with E-state index in [0.29, 0.717) is 29.4 Å². The molecule has 146 valence electrons. The van der Waals surface area contributed by atoms with Crippen molar-refractivity contribution in [1.29, 1.82) is 0 Å². The highest BCUT2D eigenvalue weighted by atomic mass is 16.5. The molecular formula is C21H21NO6. The zero-order valence-electron chi connectivity index (χ0n) is 15.8. The Labute approximate surface area is 162 Å². The van der Waals surface area contributed by atoms with Gasteiger partial charge in [-0.15, -0.1) is 0 Å². The Morgan fingerprint density at radius 3 is 2.61 bits per heavy atom. The van der Waals surface area contributed by atoms with Crippen LogP contribution in [0.2, 0.25) is 0 Å². The van der Waals surface area contributed by atoms with E-state index >= 15 is 0 Å². The summed E-state index contributed by atoms with van der Waals surface area (Å²) in [4.78, 5) is 26.8. The maximum atomic E-state index is 12.8. The van der Waals surface area contributed by atoms with E-state index in [1.165, 1.54) is 37.5 Å². The molecule has 7 nitrogen and oxygen atoms in total. The number of amides is 1. The summed E-state index contributed by atoms with van der Waals surface area (Å²) in [7, 11) is 3.03. The van der Waals surface area contributed by atoms with Gasteiger partial charge in [-0.3, -0.25) is 9.59 Å². The SMILES string of the molecule is CCN1C(=O)C(O)=C(C(=O)/C=C/c2ccco2)C1c1ccc(OC)c(OC)c1. The molecule has 1 aromatic carbocycles. The number of ketones is 1. The van der Waals surface area contributed by atoms with Crippen LogP contribution < -0.4 is 9.47 Å². The van der Waals surface area contributed by atoms with Gasteiger partial charge in [-0.1, -0.05) is 6.07 Å². The molecule has 0 aliphatic carbocycles. The maximum absolute atomic E-state index is 12.8. The summed E-state index contributed by atoms with van der Waals surface area (Å²) in [5, 5.41) is 10.4. The summed E-state index contributed by atoms with van der Waals surface area (Å²) >= 11 is 0. The minimum atomic E-state index is -0.731. The molecule has 0 spiro atoms. The van der Waals surface area contributed by atoms with E-state index in [9.17, 15) is 14.7 Å². The van der Waals surface area contributed by atoms with Crippen LogP contribution in [0.15, 0.2) is 58.4 Å². The summed E-state index contributed by atoms with van der Waals surface area (Å²) in [5.41, 5.74) is 0.647. The van der Waals surface area contributed by atoms with E-state index in [4.69, 9.17) is 13.9 Å². The van der Waals surface area contributed by atoms with Crippen molar-refractivity contribution in [2.75, 3.05) is 20.8 Å². The first-order chi connectivity index (χ1) is 13.5. The van der Waals surface area contributed by atoms with Gasteiger partial charge in [-0.25, -0.2) is 0 Å². The molecule has 2 heterocycles. The number of ether oxygens (including phenoxy) is 2. The highest BCUT2D eigenvalue weighted by Gasteiger charge is 2.42. The summed E-state index contributed by atoms with van der Waals surface area (Å²) < 4.78 is 15.8. The van der Waals surface area contributed by atoms with Gasteiger partial charge in [-0.2, -0.15) is 0 Å². The Morgan fingerprint density at radius 2 is 2.00 bits per heavy atom. The lowest BCUT2D eigenvalue weighted by atomic mass is 9.95. The van der Waals surface area contributed by atoms with Crippen LogP contribution in [0.1, 0.15) is 24.3 Å². The lowest BCUT2D eigenvalue weighted by molar-refractivity contribution is -0.129. The van der Waals surface area contributed by atoms with Gasteiger partial charge < -0.3 is 23.9 Å². The van der Waals surface area contributed by atoms with E-state index < -0.39 is 23.5 Å². The largest absolute Gasteiger partial charge is 0.503 e. The standard InChI is InChI=1S/C21H21NO6/c1-4-22-19(13-7-10-16(26-2)17(12-13)27-3)18(20(24)21(22)25)15(23)9-8-14-6-5-11-28-14/h5-12,19,24H,4H2,1-3H3/b9-8+. The fraction of sp³-hybridized carbons (Fsp3) is 0.238. The van der Waals surface area contributed by atoms with Crippen molar-refractivity contribution < 1.29 is 28.6 Å². The molecule has 0 radical (unpaired) electrons. The monoisotopic (exact) mass is 383 g/mol. The molecular weight excluding hydrogens is 362 g/mol. The molecule has 1 unspecified atom stereocenters. The Kier molecular flexibility index (Phi) is 5.54. The van der Waals surface area contributed by atoms with Crippen molar-refractivity contribution in [3.05, 3.63) is 65.3 Å². The second-order valence-corrected chi connectivity index (χ2v) is 6.08. The third-order valence-electron chi connectivity index (χ3n) is 4.58. The summed E-state index contributed by atoms with van der Waals surface area (Å²) in [6.45, 7) is 2.10. The number of likely N-dealkylation sites (N-methyl/N-ethyl adjacent to an activating group) is 1. The van der Waals surface area contributed by atoms with E-state index in [0.717, 1.165) is 0 Å². The number of nitrogens with zero attached hydrogens (tertiary/aromatic N) is 1. The molecule has 0 saturated heterocycles. The van der Waals surface area contributed by atoms with Crippen molar-refractivity contribution in [3.8, 4) is 11.5 Å². The molecule has 1 amide bonds. The van der Waals surface area contributed by atoms with Crippen LogP contribution >= 0.6 is 0 Å². The minimum absolute atomic E-state index is 0.0156. The average molecular weight is 383 g/mol. The molecule has 1 aromatic heterocycles. The van der Waals surface area contributed by atoms with E-state index in [1.54, 1.807) is 37.3 Å². The molecule has 3 rings (SSSR count). The zero-order chi connectivity index (χ0) is 20.3. The van der Waals surface area contributed by atoms with Gasteiger partial charge >= 0.3 is 0 Å². The van der Waals surface area contributed by atoms with Crippen molar-refractivity contribution in [2.24, 2.45) is 0 Å². The van der Waals surface area contributed by atoms with Crippen LogP contribution in [0, 0.1) is 0 Å². The highest BCUT2D eigenvalue weighted by molar-refractivity contribution is 6.14. The zero-order valence-corrected chi connectivity index (χ0v) is 15.8. The number of carbonyl (C=O) groups excluding carboxylic acids is 2. The molecule has 28 heavy (non-hydrogen) atoms.